The van der Waals surface area contributed by atoms with Crippen LogP contribution in [0, 0.1) is 0 Å². The number of methoxy groups -OCH3 is 2. The maximum atomic E-state index is 11.9. The lowest BCUT2D eigenvalue weighted by molar-refractivity contribution is -0.119. The Hall–Kier alpha value is -1.55. The van der Waals surface area contributed by atoms with Gasteiger partial charge in [0.15, 0.2) is 0 Å². The van der Waals surface area contributed by atoms with Crippen molar-refractivity contribution >= 4 is 5.91 Å². The quantitative estimate of drug-likeness (QED) is 0.549. The third kappa shape index (κ3) is 6.91. The van der Waals surface area contributed by atoms with Crippen molar-refractivity contribution in [3.63, 3.8) is 0 Å². The third-order valence-electron chi connectivity index (χ3n) is 4.44. The second kappa shape index (κ2) is 11.9. The molecule has 0 aromatic heterocycles. The lowest BCUT2D eigenvalue weighted by atomic mass is 9.90. The number of nitrogens with two attached hydrogens (primary N) is 1. The summed E-state index contributed by atoms with van der Waals surface area (Å²) in [5.41, 5.74) is 7.82. The molecule has 0 saturated heterocycles. The van der Waals surface area contributed by atoms with Gasteiger partial charge in [-0.05, 0) is 42.9 Å². The standard InChI is InChI=1S/C20H33NO3/c1-4-5-6-7-11-18(20(21)22)16-12-13-19(24-3)17(15-16)10-8-9-14-23-2/h12-13,15,18H,4-11,14H2,1-3H3,(H2,21,22). The third-order valence-corrected chi connectivity index (χ3v) is 4.44. The number of carbonyl (C=O) groups excluding carboxylic acids is 1. The normalized spacial score (nSPS) is 12.1. The summed E-state index contributed by atoms with van der Waals surface area (Å²) in [5.74, 6) is 0.442. The first-order valence-electron chi connectivity index (χ1n) is 9.09. The van der Waals surface area contributed by atoms with Gasteiger partial charge in [0, 0.05) is 13.7 Å². The zero-order chi connectivity index (χ0) is 17.8. The maximum Gasteiger partial charge on any atom is 0.224 e. The summed E-state index contributed by atoms with van der Waals surface area (Å²) in [6, 6.07) is 6.04. The van der Waals surface area contributed by atoms with Crippen LogP contribution in [0.25, 0.3) is 0 Å². The Morgan fingerprint density at radius 1 is 1.12 bits per heavy atom. The Morgan fingerprint density at radius 3 is 2.54 bits per heavy atom. The molecule has 1 atom stereocenters. The number of carbonyl (C=O) groups is 1. The highest BCUT2D eigenvalue weighted by atomic mass is 16.5. The van der Waals surface area contributed by atoms with E-state index in [4.69, 9.17) is 15.2 Å². The first-order chi connectivity index (χ1) is 11.6. The monoisotopic (exact) mass is 335 g/mol. The number of primary amides is 1. The minimum Gasteiger partial charge on any atom is -0.496 e. The number of rotatable bonds is 13. The Bertz CT molecular complexity index is 488. The van der Waals surface area contributed by atoms with E-state index in [1.54, 1.807) is 14.2 Å². The van der Waals surface area contributed by atoms with Gasteiger partial charge in [-0.25, -0.2) is 0 Å². The van der Waals surface area contributed by atoms with E-state index in [1.165, 1.54) is 12.8 Å². The first kappa shape index (κ1) is 20.5. The highest BCUT2D eigenvalue weighted by Crippen LogP contribution is 2.28. The van der Waals surface area contributed by atoms with E-state index in [9.17, 15) is 4.79 Å². The van der Waals surface area contributed by atoms with Crippen molar-refractivity contribution < 1.29 is 14.3 Å². The fourth-order valence-corrected chi connectivity index (χ4v) is 3.02. The predicted molar refractivity (Wildman–Crippen MR) is 98.5 cm³/mol. The number of hydrogen-bond donors (Lipinski definition) is 1. The van der Waals surface area contributed by atoms with Crippen molar-refractivity contribution in [2.45, 2.75) is 64.2 Å². The molecule has 0 aliphatic rings. The largest absolute Gasteiger partial charge is 0.496 e. The van der Waals surface area contributed by atoms with Gasteiger partial charge in [0.1, 0.15) is 5.75 Å². The smallest absolute Gasteiger partial charge is 0.224 e. The van der Waals surface area contributed by atoms with E-state index in [0.717, 1.165) is 62.0 Å². The summed E-state index contributed by atoms with van der Waals surface area (Å²) in [7, 11) is 3.40. The van der Waals surface area contributed by atoms with Gasteiger partial charge >= 0.3 is 0 Å². The molecule has 0 aliphatic carbocycles. The molecule has 4 nitrogen and oxygen atoms in total. The minimum absolute atomic E-state index is 0.203. The van der Waals surface area contributed by atoms with Gasteiger partial charge in [-0.15, -0.1) is 0 Å². The van der Waals surface area contributed by atoms with Crippen LogP contribution in [-0.4, -0.2) is 26.7 Å². The van der Waals surface area contributed by atoms with E-state index < -0.39 is 0 Å². The summed E-state index contributed by atoms with van der Waals surface area (Å²) in [4.78, 5) is 11.9. The number of unbranched alkanes of at least 4 members (excludes halogenated alkanes) is 4. The van der Waals surface area contributed by atoms with Crippen molar-refractivity contribution in [2.75, 3.05) is 20.8 Å². The Balaban J connectivity index is 2.80. The van der Waals surface area contributed by atoms with E-state index >= 15 is 0 Å². The molecule has 0 saturated carbocycles. The number of amides is 1. The zero-order valence-corrected chi connectivity index (χ0v) is 15.5. The van der Waals surface area contributed by atoms with Crippen LogP contribution in [0.1, 0.15) is 68.9 Å². The molecular formula is C20H33NO3. The van der Waals surface area contributed by atoms with Gasteiger partial charge in [0.2, 0.25) is 5.91 Å². The molecule has 24 heavy (non-hydrogen) atoms. The van der Waals surface area contributed by atoms with Crippen LogP contribution in [-0.2, 0) is 16.0 Å². The second-order valence-electron chi connectivity index (χ2n) is 6.33. The van der Waals surface area contributed by atoms with Crippen LogP contribution in [0.5, 0.6) is 5.75 Å². The molecule has 0 bridgehead atoms. The lowest BCUT2D eigenvalue weighted by Gasteiger charge is -2.17. The molecule has 0 fully saturated rings. The van der Waals surface area contributed by atoms with Crippen molar-refractivity contribution in [3.05, 3.63) is 29.3 Å². The molecule has 4 heteroatoms. The molecule has 0 spiro atoms. The average molecular weight is 335 g/mol. The van der Waals surface area contributed by atoms with Gasteiger partial charge in [0.05, 0.1) is 13.0 Å². The number of aryl methyl sites for hydroxylation is 1. The van der Waals surface area contributed by atoms with Crippen molar-refractivity contribution in [3.8, 4) is 5.75 Å². The van der Waals surface area contributed by atoms with Gasteiger partial charge in [0.25, 0.3) is 0 Å². The van der Waals surface area contributed by atoms with Gasteiger partial charge < -0.3 is 15.2 Å². The van der Waals surface area contributed by atoms with Gasteiger partial charge in [-0.3, -0.25) is 4.79 Å². The number of benzene rings is 1. The molecule has 2 N–H and O–H groups in total. The van der Waals surface area contributed by atoms with E-state index in [1.807, 2.05) is 12.1 Å². The van der Waals surface area contributed by atoms with Crippen molar-refractivity contribution in [2.24, 2.45) is 5.73 Å². The molecular weight excluding hydrogens is 302 g/mol. The summed E-state index contributed by atoms with van der Waals surface area (Å²) in [6.45, 7) is 2.95. The molecule has 0 aliphatic heterocycles. The summed E-state index contributed by atoms with van der Waals surface area (Å²) >= 11 is 0. The summed E-state index contributed by atoms with van der Waals surface area (Å²) in [6.07, 6.45) is 8.38. The Morgan fingerprint density at radius 2 is 1.92 bits per heavy atom. The zero-order valence-electron chi connectivity index (χ0n) is 15.5. The molecule has 1 rings (SSSR count). The molecule has 0 radical (unpaired) electrons. The molecule has 1 aromatic rings. The topological polar surface area (TPSA) is 61.6 Å². The van der Waals surface area contributed by atoms with Crippen molar-refractivity contribution in [1.29, 1.82) is 0 Å². The van der Waals surface area contributed by atoms with E-state index in [0.29, 0.717) is 0 Å². The summed E-state index contributed by atoms with van der Waals surface area (Å²) < 4.78 is 10.6. The molecule has 0 heterocycles. The van der Waals surface area contributed by atoms with Crippen LogP contribution >= 0.6 is 0 Å². The predicted octanol–water partition coefficient (Wildman–Crippen LogP) is 4.20. The minimum atomic E-state index is -0.234. The molecule has 1 unspecified atom stereocenters. The van der Waals surface area contributed by atoms with Gasteiger partial charge in [-0.1, -0.05) is 44.7 Å². The summed E-state index contributed by atoms with van der Waals surface area (Å²) in [5, 5.41) is 0. The average Bonchev–Trinajstić information content (AvgIpc) is 2.58. The molecule has 1 amide bonds. The van der Waals surface area contributed by atoms with Crippen LogP contribution in [0.2, 0.25) is 0 Å². The Kier molecular flexibility index (Phi) is 10.2. The highest BCUT2D eigenvalue weighted by Gasteiger charge is 2.19. The van der Waals surface area contributed by atoms with Crippen LogP contribution in [0.4, 0.5) is 0 Å². The van der Waals surface area contributed by atoms with E-state index in [2.05, 4.69) is 13.0 Å². The number of ether oxygens (including phenoxy) is 2. The van der Waals surface area contributed by atoms with Crippen LogP contribution < -0.4 is 10.5 Å². The SMILES string of the molecule is CCCCCCC(C(N)=O)c1ccc(OC)c(CCCCOC)c1. The van der Waals surface area contributed by atoms with Crippen molar-refractivity contribution in [1.82, 2.24) is 0 Å². The lowest BCUT2D eigenvalue weighted by Crippen LogP contribution is -2.21. The maximum absolute atomic E-state index is 11.9. The Labute approximate surface area is 146 Å². The highest BCUT2D eigenvalue weighted by molar-refractivity contribution is 5.82. The second-order valence-corrected chi connectivity index (χ2v) is 6.33. The van der Waals surface area contributed by atoms with Gasteiger partial charge in [-0.2, -0.15) is 0 Å². The van der Waals surface area contributed by atoms with Crippen LogP contribution in [0.3, 0.4) is 0 Å². The molecule has 136 valence electrons. The molecule has 1 aromatic carbocycles. The fraction of sp³-hybridized carbons (Fsp3) is 0.650. The van der Waals surface area contributed by atoms with E-state index in [-0.39, 0.29) is 11.8 Å². The fourth-order valence-electron chi connectivity index (χ4n) is 3.02. The number of hydrogen-bond acceptors (Lipinski definition) is 3. The first-order valence-corrected chi connectivity index (χ1v) is 9.09. The van der Waals surface area contributed by atoms with Crippen LogP contribution in [0.15, 0.2) is 18.2 Å².